The number of amides is 2. The van der Waals surface area contributed by atoms with Crippen molar-refractivity contribution in [3.63, 3.8) is 0 Å². The third kappa shape index (κ3) is 6.30. The summed E-state index contributed by atoms with van der Waals surface area (Å²) in [7, 11) is -2.10. The van der Waals surface area contributed by atoms with Gasteiger partial charge in [-0.3, -0.25) is 0 Å². The fraction of sp³-hybridized carbons (Fsp3) is 0.500. The number of carbonyl (C=O) groups is 1. The molecule has 0 atom stereocenters. The summed E-state index contributed by atoms with van der Waals surface area (Å²) >= 11 is 0. The lowest BCUT2D eigenvalue weighted by Gasteiger charge is -2.23. The summed E-state index contributed by atoms with van der Waals surface area (Å²) in [6, 6.07) is 8.81. The molecule has 0 saturated heterocycles. The van der Waals surface area contributed by atoms with Gasteiger partial charge in [0, 0.05) is 26.2 Å². The van der Waals surface area contributed by atoms with Gasteiger partial charge in [0.1, 0.15) is 0 Å². The van der Waals surface area contributed by atoms with Crippen molar-refractivity contribution in [2.24, 2.45) is 0 Å². The molecular weight excluding hydrogens is 392 g/mol. The maximum absolute atomic E-state index is 13.0. The van der Waals surface area contributed by atoms with Crippen LogP contribution in [0, 0.1) is 0 Å². The number of benzene rings is 1. The second kappa shape index (κ2) is 10.4. The van der Waals surface area contributed by atoms with Crippen LogP contribution < -0.4 is 5.32 Å². The van der Waals surface area contributed by atoms with Gasteiger partial charge in [0.05, 0.1) is 30.8 Å². The number of carbonyl (C=O) groups excluding carboxylic acids is 1. The Labute approximate surface area is 172 Å². The number of nitrogens with zero attached hydrogens (tertiary/aromatic N) is 3. The van der Waals surface area contributed by atoms with Crippen LogP contribution in [-0.2, 0) is 33.4 Å². The first kappa shape index (κ1) is 22.9. The Morgan fingerprint density at radius 1 is 1.28 bits per heavy atom. The molecule has 2 amide bonds. The Kier molecular flexibility index (Phi) is 8.21. The molecule has 1 heterocycles. The zero-order valence-corrected chi connectivity index (χ0v) is 18.3. The highest BCUT2D eigenvalue weighted by Gasteiger charge is 2.25. The van der Waals surface area contributed by atoms with E-state index in [0.717, 1.165) is 0 Å². The summed E-state index contributed by atoms with van der Waals surface area (Å²) in [6.07, 6.45) is 1.53. The third-order valence-corrected chi connectivity index (χ3v) is 5.93. The van der Waals surface area contributed by atoms with Crippen molar-refractivity contribution in [2.75, 3.05) is 20.3 Å². The number of ether oxygens (including phenoxy) is 1. The molecule has 0 aliphatic carbocycles. The Morgan fingerprint density at radius 2 is 1.97 bits per heavy atom. The number of nitrogens with one attached hydrogen (secondary N) is 1. The largest absolute Gasteiger partial charge is 0.383 e. The minimum atomic E-state index is -3.66. The normalized spacial score (nSPS) is 11.6. The SMILES string of the molecule is CCN(Cc1cnc(S(=O)(=O)Cc2ccccc2)n1CCOC)C(=O)NC(C)C. The smallest absolute Gasteiger partial charge is 0.317 e. The highest BCUT2D eigenvalue weighted by atomic mass is 32.2. The monoisotopic (exact) mass is 422 g/mol. The zero-order chi connectivity index (χ0) is 21.4. The molecular formula is C20H30N4O4S. The Hall–Kier alpha value is -2.39. The van der Waals surface area contributed by atoms with Gasteiger partial charge in [-0.1, -0.05) is 30.3 Å². The summed E-state index contributed by atoms with van der Waals surface area (Å²) in [4.78, 5) is 18.2. The van der Waals surface area contributed by atoms with E-state index in [1.807, 2.05) is 26.8 Å². The molecule has 0 radical (unpaired) electrons. The van der Waals surface area contributed by atoms with E-state index >= 15 is 0 Å². The van der Waals surface area contributed by atoms with Crippen molar-refractivity contribution in [1.82, 2.24) is 19.8 Å². The molecule has 2 rings (SSSR count). The number of rotatable bonds is 10. The van der Waals surface area contributed by atoms with Crippen LogP contribution in [0.15, 0.2) is 41.7 Å². The van der Waals surface area contributed by atoms with Gasteiger partial charge >= 0.3 is 6.03 Å². The molecule has 0 saturated carbocycles. The van der Waals surface area contributed by atoms with Crippen LogP contribution in [0.3, 0.4) is 0 Å². The third-order valence-electron chi connectivity index (χ3n) is 4.33. The predicted octanol–water partition coefficient (Wildman–Crippen LogP) is 2.44. The van der Waals surface area contributed by atoms with Crippen LogP contribution in [0.25, 0.3) is 0 Å². The van der Waals surface area contributed by atoms with E-state index in [1.54, 1.807) is 40.8 Å². The predicted molar refractivity (Wildman–Crippen MR) is 111 cm³/mol. The quantitative estimate of drug-likeness (QED) is 0.635. The molecule has 2 aromatic rings. The Balaban J connectivity index is 2.32. The first-order chi connectivity index (χ1) is 13.8. The topological polar surface area (TPSA) is 93.5 Å². The molecule has 160 valence electrons. The summed E-state index contributed by atoms with van der Waals surface area (Å²) in [6.45, 7) is 7.07. The lowest BCUT2D eigenvalue weighted by Crippen LogP contribution is -2.42. The highest BCUT2D eigenvalue weighted by molar-refractivity contribution is 7.90. The molecule has 1 N–H and O–H groups in total. The van der Waals surface area contributed by atoms with Crippen LogP contribution >= 0.6 is 0 Å². The number of imidazole rings is 1. The number of urea groups is 1. The van der Waals surface area contributed by atoms with Gasteiger partial charge in [0.25, 0.3) is 0 Å². The molecule has 0 bridgehead atoms. The molecule has 0 aliphatic heterocycles. The van der Waals surface area contributed by atoms with Gasteiger partial charge < -0.3 is 19.5 Å². The van der Waals surface area contributed by atoms with E-state index in [-0.39, 0.29) is 29.5 Å². The number of hydrogen-bond acceptors (Lipinski definition) is 5. The number of hydrogen-bond donors (Lipinski definition) is 1. The zero-order valence-electron chi connectivity index (χ0n) is 17.5. The standard InChI is InChI=1S/C20H30N4O4S/c1-5-23(19(25)22-16(2)3)14-18-13-21-20(24(18)11-12-28-4)29(26,27)15-17-9-7-6-8-10-17/h6-10,13,16H,5,11-12,14-15H2,1-4H3,(H,22,25). The van der Waals surface area contributed by atoms with E-state index in [1.165, 1.54) is 6.20 Å². The van der Waals surface area contributed by atoms with Crippen LogP contribution in [0.2, 0.25) is 0 Å². The minimum absolute atomic E-state index is 0.00581. The highest BCUT2D eigenvalue weighted by Crippen LogP contribution is 2.19. The molecule has 1 aromatic heterocycles. The van der Waals surface area contributed by atoms with Crippen molar-refractivity contribution < 1.29 is 17.9 Å². The first-order valence-electron chi connectivity index (χ1n) is 9.64. The van der Waals surface area contributed by atoms with E-state index in [2.05, 4.69) is 10.3 Å². The fourth-order valence-electron chi connectivity index (χ4n) is 2.91. The van der Waals surface area contributed by atoms with Crippen LogP contribution in [0.1, 0.15) is 32.0 Å². The summed E-state index contributed by atoms with van der Waals surface area (Å²) in [5.41, 5.74) is 1.34. The maximum atomic E-state index is 13.0. The van der Waals surface area contributed by atoms with Gasteiger partial charge in [0.15, 0.2) is 0 Å². The van der Waals surface area contributed by atoms with Crippen molar-refractivity contribution in [2.45, 2.75) is 50.8 Å². The van der Waals surface area contributed by atoms with Crippen molar-refractivity contribution in [1.29, 1.82) is 0 Å². The fourth-order valence-corrected chi connectivity index (χ4v) is 4.43. The summed E-state index contributed by atoms with van der Waals surface area (Å²) < 4.78 is 32.8. The summed E-state index contributed by atoms with van der Waals surface area (Å²) in [5.74, 6) is -0.136. The second-order valence-electron chi connectivity index (χ2n) is 7.04. The van der Waals surface area contributed by atoms with E-state index in [4.69, 9.17) is 4.74 Å². The van der Waals surface area contributed by atoms with E-state index < -0.39 is 9.84 Å². The van der Waals surface area contributed by atoms with Crippen molar-refractivity contribution in [3.05, 3.63) is 47.8 Å². The van der Waals surface area contributed by atoms with E-state index in [9.17, 15) is 13.2 Å². The molecule has 8 nitrogen and oxygen atoms in total. The average molecular weight is 423 g/mol. The second-order valence-corrected chi connectivity index (χ2v) is 8.92. The number of methoxy groups -OCH3 is 1. The molecule has 0 unspecified atom stereocenters. The number of aromatic nitrogens is 2. The lowest BCUT2D eigenvalue weighted by molar-refractivity contribution is 0.179. The Bertz CT molecular complexity index is 894. The van der Waals surface area contributed by atoms with Crippen LogP contribution in [-0.4, -0.2) is 55.2 Å². The van der Waals surface area contributed by atoms with Crippen molar-refractivity contribution >= 4 is 15.9 Å². The van der Waals surface area contributed by atoms with Gasteiger partial charge in [-0.05, 0) is 26.3 Å². The van der Waals surface area contributed by atoms with Crippen LogP contribution in [0.5, 0.6) is 0 Å². The summed E-state index contributed by atoms with van der Waals surface area (Å²) in [5, 5.41) is 2.85. The van der Waals surface area contributed by atoms with E-state index in [0.29, 0.717) is 31.0 Å². The van der Waals surface area contributed by atoms with Gasteiger partial charge in [-0.15, -0.1) is 0 Å². The van der Waals surface area contributed by atoms with Crippen LogP contribution in [0.4, 0.5) is 4.79 Å². The van der Waals surface area contributed by atoms with Gasteiger partial charge in [-0.2, -0.15) is 0 Å². The average Bonchev–Trinajstić information content (AvgIpc) is 3.07. The molecule has 0 spiro atoms. The minimum Gasteiger partial charge on any atom is -0.383 e. The molecule has 9 heteroatoms. The first-order valence-corrected chi connectivity index (χ1v) is 11.3. The van der Waals surface area contributed by atoms with Crippen molar-refractivity contribution in [3.8, 4) is 0 Å². The Morgan fingerprint density at radius 3 is 2.55 bits per heavy atom. The lowest BCUT2D eigenvalue weighted by atomic mass is 10.2. The molecule has 1 aromatic carbocycles. The molecule has 29 heavy (non-hydrogen) atoms. The molecule has 0 aliphatic rings. The number of sulfone groups is 1. The van der Waals surface area contributed by atoms with Gasteiger partial charge in [-0.25, -0.2) is 18.2 Å². The van der Waals surface area contributed by atoms with Gasteiger partial charge in [0.2, 0.25) is 15.0 Å². The molecule has 0 fully saturated rings. The maximum Gasteiger partial charge on any atom is 0.317 e.